The maximum atomic E-state index is 11.6. The Bertz CT molecular complexity index is 828. The van der Waals surface area contributed by atoms with E-state index in [1.54, 1.807) is 0 Å². The topological polar surface area (TPSA) is 169 Å². The number of nitro benzene ring substituents is 1. The van der Waals surface area contributed by atoms with Crippen LogP contribution in [0.2, 0.25) is 0 Å². The van der Waals surface area contributed by atoms with Crippen LogP contribution in [-0.4, -0.2) is 31.4 Å². The lowest BCUT2D eigenvalue weighted by atomic mass is 10.2. The predicted molar refractivity (Wildman–Crippen MR) is 83.4 cm³/mol. The first-order valence-corrected chi connectivity index (χ1v) is 6.82. The molecule has 0 aliphatic carbocycles. The van der Waals surface area contributed by atoms with Crippen molar-refractivity contribution in [2.45, 2.75) is 13.0 Å². The van der Waals surface area contributed by atoms with Crippen molar-refractivity contribution < 1.29 is 19.5 Å². The van der Waals surface area contributed by atoms with Crippen LogP contribution in [0.25, 0.3) is 0 Å². The third kappa shape index (κ3) is 4.82. The number of non-ortho nitro benzene ring substituents is 1. The van der Waals surface area contributed by atoms with Crippen molar-refractivity contribution in [2.75, 3.05) is 0 Å². The molecule has 25 heavy (non-hydrogen) atoms. The van der Waals surface area contributed by atoms with E-state index in [9.17, 15) is 25.0 Å². The summed E-state index contributed by atoms with van der Waals surface area (Å²) in [6.45, 7) is 0.0691. The summed E-state index contributed by atoms with van der Waals surface area (Å²) >= 11 is 0. The minimum absolute atomic E-state index is 0.0691. The van der Waals surface area contributed by atoms with Crippen LogP contribution < -0.4 is 5.73 Å². The molecule has 0 unspecified atom stereocenters. The van der Waals surface area contributed by atoms with Crippen molar-refractivity contribution in [1.29, 1.82) is 0 Å². The van der Waals surface area contributed by atoms with Gasteiger partial charge in [-0.1, -0.05) is 5.16 Å². The van der Waals surface area contributed by atoms with Gasteiger partial charge < -0.3 is 10.6 Å². The molecule has 130 valence electrons. The van der Waals surface area contributed by atoms with Gasteiger partial charge in [0.25, 0.3) is 5.69 Å². The monoisotopic (exact) mass is 348 g/mol. The normalized spacial score (nSPS) is 11.1. The van der Waals surface area contributed by atoms with Crippen LogP contribution in [0.1, 0.15) is 12.0 Å². The number of oxime groups is 1. The average molecular weight is 348 g/mol. The Morgan fingerprint density at radius 1 is 1.20 bits per heavy atom. The third-order valence-corrected chi connectivity index (χ3v) is 3.00. The number of benzene rings is 1. The molecule has 0 bridgehead atoms. The molecule has 1 aromatic heterocycles. The number of nitro groups is 2. The molecule has 0 atom stereocenters. The van der Waals surface area contributed by atoms with Gasteiger partial charge in [-0.25, -0.2) is 4.79 Å². The van der Waals surface area contributed by atoms with Crippen LogP contribution >= 0.6 is 0 Å². The van der Waals surface area contributed by atoms with Crippen molar-refractivity contribution >= 4 is 23.2 Å². The van der Waals surface area contributed by atoms with Crippen LogP contribution in [0.15, 0.2) is 41.8 Å². The smallest absolute Gasteiger partial charge is 0.336 e. The van der Waals surface area contributed by atoms with Crippen molar-refractivity contribution in [3.8, 4) is 0 Å². The van der Waals surface area contributed by atoms with E-state index in [2.05, 4.69) is 15.1 Å². The molecular formula is C13H12N6O6. The van der Waals surface area contributed by atoms with Gasteiger partial charge in [0.1, 0.15) is 12.4 Å². The molecule has 0 aliphatic rings. The van der Waals surface area contributed by atoms with Gasteiger partial charge in [0.05, 0.1) is 22.8 Å². The van der Waals surface area contributed by atoms with E-state index >= 15 is 0 Å². The summed E-state index contributed by atoms with van der Waals surface area (Å²) in [4.78, 5) is 36.1. The van der Waals surface area contributed by atoms with Crippen LogP contribution in [0.3, 0.4) is 0 Å². The molecule has 0 amide bonds. The molecule has 12 nitrogen and oxygen atoms in total. The van der Waals surface area contributed by atoms with Crippen molar-refractivity contribution in [3.63, 3.8) is 0 Å². The number of nitrogens with zero attached hydrogens (tertiary/aromatic N) is 5. The number of carbonyl (C=O) groups excluding carboxylic acids is 1. The maximum Gasteiger partial charge on any atom is 0.336 e. The van der Waals surface area contributed by atoms with E-state index in [1.165, 1.54) is 35.1 Å². The SMILES string of the molecule is N/C(=N\OC(=O)CCn1cc([N+](=O)[O-])cn1)c1ccc([N+](=O)[O-])cc1. The molecule has 0 saturated heterocycles. The van der Waals surface area contributed by atoms with Gasteiger partial charge >= 0.3 is 11.7 Å². The lowest BCUT2D eigenvalue weighted by Crippen LogP contribution is -2.15. The molecule has 2 aromatic rings. The molecule has 0 spiro atoms. The minimum atomic E-state index is -0.719. The molecule has 0 fully saturated rings. The fraction of sp³-hybridized carbons (Fsp3) is 0.154. The molecule has 1 aromatic carbocycles. The van der Waals surface area contributed by atoms with Gasteiger partial charge in [-0.2, -0.15) is 5.10 Å². The third-order valence-electron chi connectivity index (χ3n) is 3.00. The van der Waals surface area contributed by atoms with E-state index < -0.39 is 15.8 Å². The Morgan fingerprint density at radius 3 is 2.40 bits per heavy atom. The Hall–Kier alpha value is -3.83. The highest BCUT2D eigenvalue weighted by atomic mass is 16.7. The summed E-state index contributed by atoms with van der Waals surface area (Å²) in [5.41, 5.74) is 5.68. The van der Waals surface area contributed by atoms with E-state index in [4.69, 9.17) is 5.73 Å². The van der Waals surface area contributed by atoms with Crippen molar-refractivity contribution in [1.82, 2.24) is 9.78 Å². The first-order valence-electron chi connectivity index (χ1n) is 6.82. The zero-order chi connectivity index (χ0) is 18.4. The Morgan fingerprint density at radius 2 is 1.84 bits per heavy atom. The molecule has 2 N–H and O–H groups in total. The quantitative estimate of drug-likeness (QED) is 0.253. The van der Waals surface area contributed by atoms with Gasteiger partial charge in [-0.05, 0) is 12.1 Å². The number of carbonyl (C=O) groups is 1. The lowest BCUT2D eigenvalue weighted by Gasteiger charge is -2.01. The number of hydrogen-bond acceptors (Lipinski definition) is 8. The summed E-state index contributed by atoms with van der Waals surface area (Å²) in [6.07, 6.45) is 2.12. The molecule has 0 saturated carbocycles. The number of rotatable bonds is 7. The fourth-order valence-corrected chi connectivity index (χ4v) is 1.73. The highest BCUT2D eigenvalue weighted by Gasteiger charge is 2.11. The first-order chi connectivity index (χ1) is 11.9. The number of aromatic nitrogens is 2. The van der Waals surface area contributed by atoms with Gasteiger partial charge in [0.15, 0.2) is 5.84 Å². The number of aryl methyl sites for hydroxylation is 1. The van der Waals surface area contributed by atoms with Crippen LogP contribution in [-0.2, 0) is 16.2 Å². The largest absolute Gasteiger partial charge is 0.380 e. The van der Waals surface area contributed by atoms with Gasteiger partial charge in [0, 0.05) is 17.7 Å². The standard InChI is InChI=1S/C13H12N6O6/c14-13(9-1-3-10(4-2-9)18(21)22)16-25-12(20)5-6-17-8-11(7-15-17)19(23)24/h1-4,7-8H,5-6H2,(H2,14,16). The summed E-state index contributed by atoms with van der Waals surface area (Å²) in [6, 6.07) is 5.22. The van der Waals surface area contributed by atoms with Gasteiger partial charge in [0.2, 0.25) is 0 Å². The zero-order valence-corrected chi connectivity index (χ0v) is 12.6. The average Bonchev–Trinajstić information content (AvgIpc) is 3.07. The lowest BCUT2D eigenvalue weighted by molar-refractivity contribution is -0.385. The maximum absolute atomic E-state index is 11.6. The van der Waals surface area contributed by atoms with E-state index in [1.807, 2.05) is 0 Å². The molecule has 1 heterocycles. The Kier molecular flexibility index (Phi) is 5.35. The highest BCUT2D eigenvalue weighted by Crippen LogP contribution is 2.12. The summed E-state index contributed by atoms with van der Waals surface area (Å²) in [5, 5.41) is 28.2. The zero-order valence-electron chi connectivity index (χ0n) is 12.6. The second-order valence-electron chi connectivity index (χ2n) is 4.71. The molecule has 12 heteroatoms. The highest BCUT2D eigenvalue weighted by molar-refractivity contribution is 5.97. The second kappa shape index (κ2) is 7.63. The van der Waals surface area contributed by atoms with E-state index in [0.29, 0.717) is 5.56 Å². The van der Waals surface area contributed by atoms with Crippen LogP contribution in [0.4, 0.5) is 11.4 Å². The fourth-order valence-electron chi connectivity index (χ4n) is 1.73. The molecule has 0 aliphatic heterocycles. The first kappa shape index (κ1) is 17.5. The number of nitrogens with two attached hydrogens (primary N) is 1. The molecular weight excluding hydrogens is 336 g/mol. The van der Waals surface area contributed by atoms with E-state index in [0.717, 1.165) is 6.20 Å². The molecule has 0 radical (unpaired) electrons. The minimum Gasteiger partial charge on any atom is -0.380 e. The van der Waals surface area contributed by atoms with Crippen LogP contribution in [0, 0.1) is 20.2 Å². The summed E-state index contributed by atoms with van der Waals surface area (Å²) in [7, 11) is 0. The van der Waals surface area contributed by atoms with Gasteiger partial charge in [-0.3, -0.25) is 24.9 Å². The van der Waals surface area contributed by atoms with Crippen molar-refractivity contribution in [2.24, 2.45) is 10.9 Å². The van der Waals surface area contributed by atoms with Gasteiger partial charge in [-0.15, -0.1) is 0 Å². The summed E-state index contributed by atoms with van der Waals surface area (Å²) in [5.74, 6) is -0.846. The second-order valence-corrected chi connectivity index (χ2v) is 4.71. The van der Waals surface area contributed by atoms with Crippen LogP contribution in [0.5, 0.6) is 0 Å². The summed E-state index contributed by atoms with van der Waals surface area (Å²) < 4.78 is 1.22. The number of amidine groups is 1. The Balaban J connectivity index is 1.87. The Labute approximate surface area is 139 Å². The van der Waals surface area contributed by atoms with Crippen molar-refractivity contribution in [3.05, 3.63) is 62.5 Å². The number of hydrogen-bond donors (Lipinski definition) is 1. The van der Waals surface area contributed by atoms with E-state index in [-0.39, 0.29) is 30.2 Å². The molecule has 2 rings (SSSR count). The predicted octanol–water partition coefficient (Wildman–Crippen LogP) is 0.953.